The molecule has 1 aromatic rings. The van der Waals surface area contributed by atoms with Gasteiger partial charge in [-0.2, -0.15) is 0 Å². The fraction of sp³-hybridized carbons (Fsp3) is 0.600. The van der Waals surface area contributed by atoms with Gasteiger partial charge in [0, 0.05) is 11.9 Å². The van der Waals surface area contributed by atoms with Gasteiger partial charge in [-0.1, -0.05) is 13.8 Å². The fourth-order valence-corrected chi connectivity index (χ4v) is 2.12. The molecular formula is C10H15NO. The van der Waals surface area contributed by atoms with Gasteiger partial charge in [-0.3, -0.25) is 0 Å². The molecule has 2 rings (SSSR count). The highest BCUT2D eigenvalue weighted by Crippen LogP contribution is 2.49. The van der Waals surface area contributed by atoms with Gasteiger partial charge in [0.05, 0.1) is 0 Å². The second-order valence-electron chi connectivity index (χ2n) is 3.98. The molecule has 0 amide bonds. The number of hydrogen-bond donors (Lipinski definition) is 2. The summed E-state index contributed by atoms with van der Waals surface area (Å²) in [6.07, 6.45) is 2.75. The van der Waals surface area contributed by atoms with Crippen molar-refractivity contribution in [3.63, 3.8) is 0 Å². The topological polar surface area (TPSA) is 36.0 Å². The Hall–Kier alpha value is -0.760. The van der Waals surface area contributed by atoms with Gasteiger partial charge >= 0.3 is 0 Å². The Labute approximate surface area is 72.6 Å². The van der Waals surface area contributed by atoms with Crippen LogP contribution >= 0.6 is 0 Å². The van der Waals surface area contributed by atoms with Crippen LogP contribution in [0, 0.1) is 11.8 Å². The molecule has 1 heterocycles. The molecule has 1 aliphatic carbocycles. The van der Waals surface area contributed by atoms with Gasteiger partial charge in [-0.25, -0.2) is 0 Å². The molecule has 3 atom stereocenters. The molecule has 2 heteroatoms. The summed E-state index contributed by atoms with van der Waals surface area (Å²) in [5, 5.41) is 10.2. The molecular weight excluding hydrogens is 150 g/mol. The number of aliphatic hydroxyl groups is 1. The summed E-state index contributed by atoms with van der Waals surface area (Å²) in [6.45, 7) is 4.29. The lowest BCUT2D eigenvalue weighted by molar-refractivity contribution is -0.134. The summed E-state index contributed by atoms with van der Waals surface area (Å²) >= 11 is 0. The van der Waals surface area contributed by atoms with E-state index in [1.807, 2.05) is 18.3 Å². The van der Waals surface area contributed by atoms with E-state index in [1.54, 1.807) is 0 Å². The van der Waals surface area contributed by atoms with E-state index in [0.29, 0.717) is 11.8 Å². The van der Waals surface area contributed by atoms with Crippen LogP contribution in [-0.4, -0.2) is 10.1 Å². The monoisotopic (exact) mass is 165 g/mol. The zero-order valence-corrected chi connectivity index (χ0v) is 7.54. The average molecular weight is 165 g/mol. The van der Waals surface area contributed by atoms with Crippen molar-refractivity contribution in [1.82, 2.24) is 4.98 Å². The quantitative estimate of drug-likeness (QED) is 0.655. The maximum atomic E-state index is 10.2. The first-order valence-electron chi connectivity index (χ1n) is 4.51. The first-order chi connectivity index (χ1) is 5.64. The van der Waals surface area contributed by atoms with Crippen LogP contribution in [0.25, 0.3) is 0 Å². The molecule has 1 aliphatic rings. The predicted molar refractivity (Wildman–Crippen MR) is 47.6 cm³/mol. The molecule has 0 saturated heterocycles. The Bertz CT molecular complexity index is 267. The minimum absolute atomic E-state index is 0.371. The lowest BCUT2D eigenvalue weighted by Gasteiger charge is -2.48. The van der Waals surface area contributed by atoms with Crippen LogP contribution in [-0.2, 0) is 5.60 Å². The summed E-state index contributed by atoms with van der Waals surface area (Å²) in [4.78, 5) is 3.08. The Morgan fingerprint density at radius 3 is 2.75 bits per heavy atom. The molecule has 1 aromatic heterocycles. The molecule has 2 nitrogen and oxygen atoms in total. The Morgan fingerprint density at radius 1 is 1.58 bits per heavy atom. The van der Waals surface area contributed by atoms with E-state index in [9.17, 15) is 5.11 Å². The normalized spacial score (nSPS) is 40.9. The van der Waals surface area contributed by atoms with Crippen LogP contribution in [0.2, 0.25) is 0 Å². The van der Waals surface area contributed by atoms with Gasteiger partial charge in [0.15, 0.2) is 0 Å². The standard InChI is InChI=1S/C10H15NO/c1-7-6-10(12,8(7)2)9-4-3-5-11-9/h3-5,7-8,11-12H,6H2,1-2H3. The molecule has 0 aromatic carbocycles. The molecule has 3 unspecified atom stereocenters. The molecule has 0 spiro atoms. The van der Waals surface area contributed by atoms with Gasteiger partial charge in [-0.05, 0) is 30.4 Å². The van der Waals surface area contributed by atoms with Gasteiger partial charge in [0.1, 0.15) is 5.60 Å². The predicted octanol–water partition coefficient (Wildman–Crippen LogP) is 1.88. The molecule has 0 aliphatic heterocycles. The maximum Gasteiger partial charge on any atom is 0.107 e. The van der Waals surface area contributed by atoms with Crippen molar-refractivity contribution < 1.29 is 5.11 Å². The van der Waals surface area contributed by atoms with E-state index in [1.165, 1.54) is 0 Å². The molecule has 0 radical (unpaired) electrons. The maximum absolute atomic E-state index is 10.2. The molecule has 1 fully saturated rings. The van der Waals surface area contributed by atoms with E-state index in [-0.39, 0.29) is 0 Å². The minimum Gasteiger partial charge on any atom is -0.383 e. The van der Waals surface area contributed by atoms with Crippen molar-refractivity contribution in [3.05, 3.63) is 24.0 Å². The summed E-state index contributed by atoms with van der Waals surface area (Å²) in [6, 6.07) is 3.89. The number of hydrogen-bond acceptors (Lipinski definition) is 1. The van der Waals surface area contributed by atoms with E-state index >= 15 is 0 Å². The first kappa shape index (κ1) is 7.87. The second-order valence-corrected chi connectivity index (χ2v) is 3.98. The van der Waals surface area contributed by atoms with Gasteiger partial charge in [0.2, 0.25) is 0 Å². The van der Waals surface area contributed by atoms with Crippen LogP contribution in [0.15, 0.2) is 18.3 Å². The van der Waals surface area contributed by atoms with Crippen molar-refractivity contribution in [2.24, 2.45) is 11.8 Å². The highest BCUT2D eigenvalue weighted by atomic mass is 16.3. The molecule has 12 heavy (non-hydrogen) atoms. The lowest BCUT2D eigenvalue weighted by Crippen LogP contribution is -2.49. The zero-order chi connectivity index (χ0) is 8.77. The van der Waals surface area contributed by atoms with Crippen molar-refractivity contribution in [3.8, 4) is 0 Å². The van der Waals surface area contributed by atoms with Crippen molar-refractivity contribution in [1.29, 1.82) is 0 Å². The van der Waals surface area contributed by atoms with E-state index in [0.717, 1.165) is 12.1 Å². The van der Waals surface area contributed by atoms with Crippen LogP contribution < -0.4 is 0 Å². The van der Waals surface area contributed by atoms with Crippen LogP contribution in [0.3, 0.4) is 0 Å². The highest BCUT2D eigenvalue weighted by Gasteiger charge is 2.49. The molecule has 1 saturated carbocycles. The summed E-state index contributed by atoms with van der Waals surface area (Å²) in [5.74, 6) is 1.01. The van der Waals surface area contributed by atoms with Gasteiger partial charge in [-0.15, -0.1) is 0 Å². The Morgan fingerprint density at radius 2 is 2.33 bits per heavy atom. The van der Waals surface area contributed by atoms with Crippen molar-refractivity contribution >= 4 is 0 Å². The number of nitrogens with one attached hydrogen (secondary N) is 1. The lowest BCUT2D eigenvalue weighted by atomic mass is 9.61. The summed E-state index contributed by atoms with van der Waals surface area (Å²) in [5.41, 5.74) is 0.385. The van der Waals surface area contributed by atoms with Gasteiger partial charge in [0.25, 0.3) is 0 Å². The molecule has 0 bridgehead atoms. The third kappa shape index (κ3) is 0.845. The third-order valence-corrected chi connectivity index (χ3v) is 3.30. The van der Waals surface area contributed by atoms with Crippen LogP contribution in [0.1, 0.15) is 26.0 Å². The fourth-order valence-electron chi connectivity index (χ4n) is 2.12. The smallest absolute Gasteiger partial charge is 0.107 e. The SMILES string of the molecule is CC1CC(O)(c2ccc[nH]2)C1C. The molecule has 2 N–H and O–H groups in total. The number of aromatic amines is 1. The summed E-state index contributed by atoms with van der Waals surface area (Å²) < 4.78 is 0. The van der Waals surface area contributed by atoms with Crippen LogP contribution in [0.5, 0.6) is 0 Å². The number of aromatic nitrogens is 1. The Kier molecular flexibility index (Phi) is 1.55. The summed E-state index contributed by atoms with van der Waals surface area (Å²) in [7, 11) is 0. The minimum atomic E-state index is -0.580. The average Bonchev–Trinajstić information content (AvgIpc) is 2.56. The second kappa shape index (κ2) is 2.36. The zero-order valence-electron chi connectivity index (χ0n) is 7.54. The van der Waals surface area contributed by atoms with E-state index < -0.39 is 5.60 Å². The first-order valence-corrected chi connectivity index (χ1v) is 4.51. The number of H-pyrrole nitrogens is 1. The Balaban J connectivity index is 2.25. The van der Waals surface area contributed by atoms with Crippen molar-refractivity contribution in [2.75, 3.05) is 0 Å². The third-order valence-electron chi connectivity index (χ3n) is 3.30. The van der Waals surface area contributed by atoms with Crippen molar-refractivity contribution in [2.45, 2.75) is 25.9 Å². The number of rotatable bonds is 1. The van der Waals surface area contributed by atoms with E-state index in [4.69, 9.17) is 0 Å². The van der Waals surface area contributed by atoms with Crippen LogP contribution in [0.4, 0.5) is 0 Å². The van der Waals surface area contributed by atoms with E-state index in [2.05, 4.69) is 18.8 Å². The highest BCUT2D eigenvalue weighted by molar-refractivity contribution is 5.19. The van der Waals surface area contributed by atoms with Gasteiger partial charge < -0.3 is 10.1 Å². The molecule has 66 valence electrons. The largest absolute Gasteiger partial charge is 0.383 e.